The molecule has 0 fully saturated rings. The summed E-state index contributed by atoms with van der Waals surface area (Å²) in [4.78, 5) is 0. The Morgan fingerprint density at radius 3 is 2.44 bits per heavy atom. The van der Waals surface area contributed by atoms with E-state index in [0.29, 0.717) is 0 Å². The summed E-state index contributed by atoms with van der Waals surface area (Å²) in [5.74, 6) is 0. The van der Waals surface area contributed by atoms with Gasteiger partial charge in [-0.1, -0.05) is 25.0 Å². The Labute approximate surface area is 58.0 Å². The summed E-state index contributed by atoms with van der Waals surface area (Å²) in [7, 11) is 0. The number of allylic oxidation sites excluding steroid dienone is 2. The van der Waals surface area contributed by atoms with Crippen molar-refractivity contribution in [3.05, 3.63) is 18.6 Å². The number of hydrogen-bond acceptors (Lipinski definition) is 0. The summed E-state index contributed by atoms with van der Waals surface area (Å²) < 4.78 is 0. The predicted molar refractivity (Wildman–Crippen MR) is 41.1 cm³/mol. The molecule has 0 unspecified atom stereocenters. The molecule has 0 heteroatoms. The maximum Gasteiger partial charge on any atom is -0.0348 e. The first kappa shape index (κ1) is 6.85. The van der Waals surface area contributed by atoms with Gasteiger partial charge in [0.15, 0.2) is 0 Å². The molecular weight excluding hydrogens is 108 g/mol. The topological polar surface area (TPSA) is 0 Å². The normalized spacial score (nSPS) is 25.8. The van der Waals surface area contributed by atoms with E-state index in [2.05, 4.69) is 18.6 Å². The van der Waals surface area contributed by atoms with Gasteiger partial charge in [-0.3, -0.25) is 0 Å². The molecule has 0 aromatic carbocycles. The van der Waals surface area contributed by atoms with Crippen LogP contribution in [0.5, 0.6) is 0 Å². The molecule has 0 spiro atoms. The van der Waals surface area contributed by atoms with Crippen LogP contribution in [0.3, 0.4) is 0 Å². The molecule has 0 amide bonds. The first-order chi connectivity index (χ1) is 4.50. The Hall–Kier alpha value is -0.260. The second-order valence-corrected chi connectivity index (χ2v) is 2.62. The van der Waals surface area contributed by atoms with Crippen LogP contribution in [0, 0.1) is 6.42 Å². The second-order valence-electron chi connectivity index (χ2n) is 2.62. The van der Waals surface area contributed by atoms with Crippen LogP contribution in [0.25, 0.3) is 0 Å². The van der Waals surface area contributed by atoms with Crippen molar-refractivity contribution in [1.82, 2.24) is 0 Å². The highest BCUT2D eigenvalue weighted by Crippen LogP contribution is 2.09. The number of hydrogen-bond donors (Lipinski definition) is 0. The summed E-state index contributed by atoms with van der Waals surface area (Å²) >= 11 is 0. The van der Waals surface area contributed by atoms with Crippen molar-refractivity contribution in [3.8, 4) is 0 Å². The minimum Gasteiger partial charge on any atom is -0.0885 e. The Balaban J connectivity index is 2.15. The minimum atomic E-state index is 1.26. The zero-order chi connectivity index (χ0) is 6.36. The van der Waals surface area contributed by atoms with E-state index in [9.17, 15) is 0 Å². The largest absolute Gasteiger partial charge is 0.0885 e. The van der Waals surface area contributed by atoms with Gasteiger partial charge in [0, 0.05) is 0 Å². The average Bonchev–Trinajstić information content (AvgIpc) is 2.00. The summed E-state index contributed by atoms with van der Waals surface area (Å²) in [6, 6.07) is 0. The van der Waals surface area contributed by atoms with E-state index in [4.69, 9.17) is 0 Å². The van der Waals surface area contributed by atoms with E-state index in [0.717, 1.165) is 0 Å². The first-order valence-corrected chi connectivity index (χ1v) is 3.97. The lowest BCUT2D eigenvalue weighted by Crippen LogP contribution is -1.75. The van der Waals surface area contributed by atoms with Crippen LogP contribution in [0.15, 0.2) is 12.2 Å². The molecule has 1 aliphatic rings. The maximum atomic E-state index is 2.41. The average molecular weight is 123 g/mol. The van der Waals surface area contributed by atoms with Gasteiger partial charge in [0.05, 0.1) is 0 Å². The molecular formula is C9H15. The van der Waals surface area contributed by atoms with E-state index < -0.39 is 0 Å². The van der Waals surface area contributed by atoms with Crippen LogP contribution >= 0.6 is 0 Å². The van der Waals surface area contributed by atoms with Gasteiger partial charge in [-0.25, -0.2) is 0 Å². The van der Waals surface area contributed by atoms with Gasteiger partial charge in [-0.15, -0.1) is 0 Å². The van der Waals surface area contributed by atoms with E-state index in [1.165, 1.54) is 38.5 Å². The van der Waals surface area contributed by atoms with E-state index in [1.54, 1.807) is 0 Å². The standard InChI is InChI=1S/C9H15/c1-2-4-6-8-9-7-5-3-1/h1-2,7H,3-6,8-9H2/b2-1-. The second kappa shape index (κ2) is 4.60. The van der Waals surface area contributed by atoms with Gasteiger partial charge in [0.2, 0.25) is 0 Å². The zero-order valence-electron chi connectivity index (χ0n) is 5.97. The summed E-state index contributed by atoms with van der Waals surface area (Å²) in [6.45, 7) is 0. The molecule has 0 aliphatic heterocycles. The molecule has 1 aliphatic carbocycles. The van der Waals surface area contributed by atoms with Crippen molar-refractivity contribution in [2.45, 2.75) is 38.5 Å². The highest BCUT2D eigenvalue weighted by Gasteiger charge is 1.91. The molecule has 1 rings (SSSR count). The molecule has 0 saturated carbocycles. The SMILES string of the molecule is [CH]1CC/C=C\CCCC1. The Kier molecular flexibility index (Phi) is 3.51. The highest BCUT2D eigenvalue weighted by molar-refractivity contribution is 4.85. The molecule has 51 valence electrons. The van der Waals surface area contributed by atoms with Gasteiger partial charge in [-0.05, 0) is 32.1 Å². The van der Waals surface area contributed by atoms with Crippen LogP contribution in [-0.4, -0.2) is 0 Å². The third-order valence-electron chi connectivity index (χ3n) is 1.73. The van der Waals surface area contributed by atoms with Crippen molar-refractivity contribution >= 4 is 0 Å². The van der Waals surface area contributed by atoms with Crippen LogP contribution in [0.4, 0.5) is 0 Å². The lowest BCUT2D eigenvalue weighted by Gasteiger charge is -1.93. The third kappa shape index (κ3) is 3.34. The van der Waals surface area contributed by atoms with E-state index in [-0.39, 0.29) is 0 Å². The highest BCUT2D eigenvalue weighted by atomic mass is 14.0. The van der Waals surface area contributed by atoms with Gasteiger partial charge in [-0.2, -0.15) is 0 Å². The Morgan fingerprint density at radius 2 is 1.44 bits per heavy atom. The summed E-state index contributed by atoms with van der Waals surface area (Å²) in [5.41, 5.74) is 0. The first-order valence-electron chi connectivity index (χ1n) is 3.97. The molecule has 0 aromatic heterocycles. The van der Waals surface area contributed by atoms with Crippen molar-refractivity contribution in [3.63, 3.8) is 0 Å². The molecule has 0 N–H and O–H groups in total. The molecule has 0 aromatic rings. The lowest BCUT2D eigenvalue weighted by atomic mass is 10.1. The fourth-order valence-corrected chi connectivity index (χ4v) is 1.14. The fraction of sp³-hybridized carbons (Fsp3) is 0.667. The molecule has 0 saturated heterocycles. The van der Waals surface area contributed by atoms with E-state index >= 15 is 0 Å². The smallest absolute Gasteiger partial charge is 0.0348 e. The molecule has 1 radical (unpaired) electrons. The molecule has 9 heavy (non-hydrogen) atoms. The van der Waals surface area contributed by atoms with Crippen molar-refractivity contribution in [2.75, 3.05) is 0 Å². The van der Waals surface area contributed by atoms with E-state index in [1.807, 2.05) is 0 Å². The molecule has 0 atom stereocenters. The monoisotopic (exact) mass is 123 g/mol. The van der Waals surface area contributed by atoms with Gasteiger partial charge < -0.3 is 0 Å². The van der Waals surface area contributed by atoms with Crippen molar-refractivity contribution < 1.29 is 0 Å². The van der Waals surface area contributed by atoms with Crippen molar-refractivity contribution in [2.24, 2.45) is 0 Å². The maximum absolute atomic E-state index is 2.41. The predicted octanol–water partition coefficient (Wildman–Crippen LogP) is 3.10. The number of rotatable bonds is 0. The van der Waals surface area contributed by atoms with Crippen molar-refractivity contribution in [1.29, 1.82) is 0 Å². The van der Waals surface area contributed by atoms with Gasteiger partial charge in [0.1, 0.15) is 0 Å². The minimum absolute atomic E-state index is 1.26. The van der Waals surface area contributed by atoms with Crippen LogP contribution in [0.2, 0.25) is 0 Å². The molecule has 0 bridgehead atoms. The summed E-state index contributed by atoms with van der Waals surface area (Å²) in [5, 5.41) is 0. The molecule has 0 heterocycles. The van der Waals surface area contributed by atoms with Gasteiger partial charge in [0.25, 0.3) is 0 Å². The Morgan fingerprint density at radius 1 is 0.667 bits per heavy atom. The quantitative estimate of drug-likeness (QED) is 0.434. The molecule has 0 nitrogen and oxygen atoms in total. The Bertz CT molecular complexity index is 72.0. The van der Waals surface area contributed by atoms with Crippen LogP contribution in [0.1, 0.15) is 38.5 Å². The fourth-order valence-electron chi connectivity index (χ4n) is 1.14. The lowest BCUT2D eigenvalue weighted by molar-refractivity contribution is 0.726. The van der Waals surface area contributed by atoms with Gasteiger partial charge >= 0.3 is 0 Å². The third-order valence-corrected chi connectivity index (χ3v) is 1.73. The van der Waals surface area contributed by atoms with Crippen LogP contribution in [-0.2, 0) is 0 Å². The summed E-state index contributed by atoms with van der Waals surface area (Å²) in [6.07, 6.45) is 15.0. The van der Waals surface area contributed by atoms with Crippen LogP contribution < -0.4 is 0 Å². The zero-order valence-corrected chi connectivity index (χ0v) is 5.97.